The van der Waals surface area contributed by atoms with Gasteiger partial charge in [-0.3, -0.25) is 0 Å². The number of aromatic hydroxyl groups is 1. The molecule has 0 aromatic heterocycles. The Kier molecular flexibility index (Phi) is 6.75. The summed E-state index contributed by atoms with van der Waals surface area (Å²) in [5, 5.41) is 15.4. The van der Waals surface area contributed by atoms with E-state index in [2.05, 4.69) is 26.6 Å². The summed E-state index contributed by atoms with van der Waals surface area (Å²) in [6.07, 6.45) is 0.647. The molecule has 2 aromatic rings. The van der Waals surface area contributed by atoms with Gasteiger partial charge in [0.15, 0.2) is 0 Å². The van der Waals surface area contributed by atoms with Gasteiger partial charge in [0.25, 0.3) is 0 Å². The Morgan fingerprint density at radius 2 is 2.08 bits per heavy atom. The summed E-state index contributed by atoms with van der Waals surface area (Å²) in [5.41, 5.74) is 1.45. The minimum Gasteiger partial charge on any atom is -0.508 e. The molecule has 0 aliphatic rings. The van der Waals surface area contributed by atoms with Crippen molar-refractivity contribution in [3.05, 3.63) is 51.5 Å². The van der Waals surface area contributed by atoms with Crippen molar-refractivity contribution in [1.82, 2.24) is 5.32 Å². The summed E-state index contributed by atoms with van der Waals surface area (Å²) in [6.45, 7) is 2.72. The number of carbonyl (C=O) groups excluding carboxylic acids is 1. The average molecular weight is 414 g/mol. The summed E-state index contributed by atoms with van der Waals surface area (Å²) >= 11 is 9.39. The first kappa shape index (κ1) is 18.4. The van der Waals surface area contributed by atoms with Gasteiger partial charge in [0.1, 0.15) is 11.5 Å². The van der Waals surface area contributed by atoms with E-state index in [1.54, 1.807) is 24.3 Å². The lowest BCUT2D eigenvalue weighted by atomic mass is 10.2. The van der Waals surface area contributed by atoms with E-state index in [1.165, 1.54) is 6.07 Å². The number of ether oxygens (including phenoxy) is 1. The number of urea groups is 1. The molecule has 2 amide bonds. The van der Waals surface area contributed by atoms with Gasteiger partial charge < -0.3 is 20.5 Å². The van der Waals surface area contributed by atoms with Crippen LogP contribution in [0.25, 0.3) is 0 Å². The van der Waals surface area contributed by atoms with E-state index in [4.69, 9.17) is 16.3 Å². The first-order chi connectivity index (χ1) is 11.5. The fraction of sp³-hybridized carbons (Fsp3) is 0.235. The lowest BCUT2D eigenvalue weighted by molar-refractivity contribution is 0.250. The van der Waals surface area contributed by atoms with Crippen molar-refractivity contribution in [3.8, 4) is 11.5 Å². The molecular weight excluding hydrogens is 396 g/mol. The Labute approximate surface area is 154 Å². The van der Waals surface area contributed by atoms with Crippen LogP contribution in [-0.4, -0.2) is 24.3 Å². The highest BCUT2D eigenvalue weighted by Gasteiger charge is 2.05. The lowest BCUT2D eigenvalue weighted by Crippen LogP contribution is -2.30. The quantitative estimate of drug-likeness (QED) is 0.474. The number of nitrogens with one attached hydrogen (secondary N) is 2. The predicted octanol–water partition coefficient (Wildman–Crippen LogP) is 4.71. The SMILES string of the molecule is Cc1cc(O)ccc1NC(=O)NCCCOc1ccc(Br)cc1Cl. The maximum absolute atomic E-state index is 11.8. The molecule has 0 bridgehead atoms. The van der Waals surface area contributed by atoms with Crippen molar-refractivity contribution >= 4 is 39.2 Å². The molecule has 0 fully saturated rings. The topological polar surface area (TPSA) is 70.6 Å². The number of halogens is 2. The van der Waals surface area contributed by atoms with Gasteiger partial charge in [0, 0.05) is 16.7 Å². The summed E-state index contributed by atoms with van der Waals surface area (Å²) in [6, 6.07) is 9.88. The van der Waals surface area contributed by atoms with E-state index in [9.17, 15) is 9.90 Å². The summed E-state index contributed by atoms with van der Waals surface area (Å²) in [5.74, 6) is 0.784. The number of rotatable bonds is 6. The average Bonchev–Trinajstić information content (AvgIpc) is 2.51. The fourth-order valence-corrected chi connectivity index (χ4v) is 2.73. The Morgan fingerprint density at radius 3 is 2.79 bits per heavy atom. The van der Waals surface area contributed by atoms with Gasteiger partial charge in [-0.25, -0.2) is 4.79 Å². The number of hydrogen-bond donors (Lipinski definition) is 3. The van der Waals surface area contributed by atoms with Crippen LogP contribution in [-0.2, 0) is 0 Å². The maximum atomic E-state index is 11.8. The Bertz CT molecular complexity index is 725. The Hall–Kier alpha value is -1.92. The van der Waals surface area contributed by atoms with E-state index < -0.39 is 0 Å². The summed E-state index contributed by atoms with van der Waals surface area (Å²) in [7, 11) is 0. The minimum absolute atomic E-state index is 0.169. The molecule has 0 aliphatic heterocycles. The molecule has 0 heterocycles. The first-order valence-electron chi connectivity index (χ1n) is 7.38. The molecule has 0 radical (unpaired) electrons. The molecule has 2 rings (SSSR count). The molecule has 7 heteroatoms. The van der Waals surface area contributed by atoms with Gasteiger partial charge >= 0.3 is 6.03 Å². The highest BCUT2D eigenvalue weighted by Crippen LogP contribution is 2.27. The summed E-state index contributed by atoms with van der Waals surface area (Å²) < 4.78 is 6.46. The van der Waals surface area contributed by atoms with Crippen LogP contribution in [0.1, 0.15) is 12.0 Å². The second-order valence-corrected chi connectivity index (χ2v) is 6.48. The van der Waals surface area contributed by atoms with E-state index in [0.29, 0.717) is 36.0 Å². The number of amides is 2. The molecule has 128 valence electrons. The number of phenols is 1. The zero-order chi connectivity index (χ0) is 17.5. The molecule has 2 aromatic carbocycles. The number of aryl methyl sites for hydroxylation is 1. The zero-order valence-electron chi connectivity index (χ0n) is 13.1. The van der Waals surface area contributed by atoms with Crippen LogP contribution in [0, 0.1) is 6.92 Å². The molecule has 0 aliphatic carbocycles. The third-order valence-corrected chi connectivity index (χ3v) is 4.00. The standard InChI is InChI=1S/C17H18BrClN2O3/c1-11-9-13(22)4-5-15(11)21-17(23)20-7-2-8-24-16-6-3-12(18)10-14(16)19/h3-6,9-10,22H,2,7-8H2,1H3,(H2,20,21,23). The van der Waals surface area contributed by atoms with Crippen LogP contribution in [0.4, 0.5) is 10.5 Å². The van der Waals surface area contributed by atoms with Crippen molar-refractivity contribution in [2.75, 3.05) is 18.5 Å². The molecular formula is C17H18BrClN2O3. The van der Waals surface area contributed by atoms with Crippen LogP contribution >= 0.6 is 27.5 Å². The van der Waals surface area contributed by atoms with Gasteiger partial charge in [-0.15, -0.1) is 0 Å². The van der Waals surface area contributed by atoms with Crippen molar-refractivity contribution < 1.29 is 14.6 Å². The van der Waals surface area contributed by atoms with Crippen molar-refractivity contribution in [1.29, 1.82) is 0 Å². The molecule has 3 N–H and O–H groups in total. The molecule has 0 atom stereocenters. The van der Waals surface area contributed by atoms with Crippen LogP contribution in [0.3, 0.4) is 0 Å². The molecule has 0 saturated carbocycles. The van der Waals surface area contributed by atoms with Gasteiger partial charge in [-0.2, -0.15) is 0 Å². The van der Waals surface area contributed by atoms with E-state index >= 15 is 0 Å². The van der Waals surface area contributed by atoms with E-state index in [0.717, 1.165) is 10.0 Å². The van der Waals surface area contributed by atoms with Gasteiger partial charge in [0.2, 0.25) is 0 Å². The number of phenolic OH excluding ortho intramolecular Hbond substituents is 1. The van der Waals surface area contributed by atoms with Crippen LogP contribution < -0.4 is 15.4 Å². The van der Waals surface area contributed by atoms with Crippen molar-refractivity contribution in [2.24, 2.45) is 0 Å². The predicted molar refractivity (Wildman–Crippen MR) is 99.1 cm³/mol. The third-order valence-electron chi connectivity index (χ3n) is 3.22. The van der Waals surface area contributed by atoms with Crippen LogP contribution in [0.15, 0.2) is 40.9 Å². The molecule has 0 spiro atoms. The van der Waals surface area contributed by atoms with E-state index in [-0.39, 0.29) is 11.8 Å². The first-order valence-corrected chi connectivity index (χ1v) is 8.55. The number of hydrogen-bond acceptors (Lipinski definition) is 3. The molecule has 24 heavy (non-hydrogen) atoms. The molecule has 0 unspecified atom stereocenters. The monoisotopic (exact) mass is 412 g/mol. The molecule has 0 saturated heterocycles. The summed E-state index contributed by atoms with van der Waals surface area (Å²) in [4.78, 5) is 11.8. The highest BCUT2D eigenvalue weighted by molar-refractivity contribution is 9.10. The maximum Gasteiger partial charge on any atom is 0.319 e. The molecule has 5 nitrogen and oxygen atoms in total. The van der Waals surface area contributed by atoms with Crippen molar-refractivity contribution in [3.63, 3.8) is 0 Å². The number of carbonyl (C=O) groups is 1. The number of benzene rings is 2. The van der Waals surface area contributed by atoms with E-state index in [1.807, 2.05) is 13.0 Å². The van der Waals surface area contributed by atoms with Gasteiger partial charge in [-0.05, 0) is 55.3 Å². The minimum atomic E-state index is -0.300. The lowest BCUT2D eigenvalue weighted by Gasteiger charge is -2.11. The van der Waals surface area contributed by atoms with Gasteiger partial charge in [-0.1, -0.05) is 27.5 Å². The second-order valence-electron chi connectivity index (χ2n) is 5.16. The Balaban J connectivity index is 1.69. The largest absolute Gasteiger partial charge is 0.508 e. The smallest absolute Gasteiger partial charge is 0.319 e. The van der Waals surface area contributed by atoms with Gasteiger partial charge in [0.05, 0.1) is 11.6 Å². The second kappa shape index (κ2) is 8.80. The number of anilines is 1. The zero-order valence-corrected chi connectivity index (χ0v) is 15.4. The fourth-order valence-electron chi connectivity index (χ4n) is 2.00. The van der Waals surface area contributed by atoms with Crippen LogP contribution in [0.2, 0.25) is 5.02 Å². The normalized spacial score (nSPS) is 10.3. The van der Waals surface area contributed by atoms with Crippen molar-refractivity contribution in [2.45, 2.75) is 13.3 Å². The van der Waals surface area contributed by atoms with Crippen LogP contribution in [0.5, 0.6) is 11.5 Å². The highest BCUT2D eigenvalue weighted by atomic mass is 79.9. The Morgan fingerprint density at radius 1 is 1.29 bits per heavy atom. The third kappa shape index (κ3) is 5.62.